The molecule has 1 fully saturated rings. The van der Waals surface area contributed by atoms with Crippen molar-refractivity contribution < 1.29 is 19.1 Å². The Morgan fingerprint density at radius 3 is 2.26 bits per heavy atom. The number of aromatic nitrogens is 2. The molecule has 0 aromatic carbocycles. The lowest BCUT2D eigenvalue weighted by atomic mass is 9.85. The van der Waals surface area contributed by atoms with Crippen molar-refractivity contribution in [2.75, 3.05) is 18.4 Å². The van der Waals surface area contributed by atoms with E-state index in [0.717, 1.165) is 6.54 Å². The molecule has 1 unspecified atom stereocenters. The molecule has 1 saturated heterocycles. The molecule has 0 radical (unpaired) electrons. The van der Waals surface area contributed by atoms with E-state index in [1.165, 1.54) is 0 Å². The number of aryl methyl sites for hydroxylation is 1. The molecule has 174 valence electrons. The number of alkyl carbamates (subject to hydrolysis) is 1. The smallest absolute Gasteiger partial charge is 0.408 e. The van der Waals surface area contributed by atoms with Crippen LogP contribution in [0.2, 0.25) is 0 Å². The molecular formula is C22H37N5O4. The fourth-order valence-electron chi connectivity index (χ4n) is 3.46. The van der Waals surface area contributed by atoms with Crippen LogP contribution in [0.5, 0.6) is 0 Å². The summed E-state index contributed by atoms with van der Waals surface area (Å²) in [6, 6.07) is -0.715. The highest BCUT2D eigenvalue weighted by molar-refractivity contribution is 5.92. The van der Waals surface area contributed by atoms with Crippen LogP contribution in [0.3, 0.4) is 0 Å². The molecule has 1 aliphatic rings. The number of ether oxygens (including phenoxy) is 1. The minimum absolute atomic E-state index is 0.0537. The van der Waals surface area contributed by atoms with Gasteiger partial charge in [-0.05, 0) is 46.0 Å². The highest BCUT2D eigenvalue weighted by atomic mass is 16.6. The molecule has 31 heavy (non-hydrogen) atoms. The van der Waals surface area contributed by atoms with Crippen molar-refractivity contribution in [3.8, 4) is 0 Å². The number of piperidine rings is 1. The van der Waals surface area contributed by atoms with E-state index in [-0.39, 0.29) is 17.7 Å². The third-order valence-electron chi connectivity index (χ3n) is 5.18. The van der Waals surface area contributed by atoms with Crippen molar-refractivity contribution in [2.24, 2.45) is 11.3 Å². The van der Waals surface area contributed by atoms with E-state index >= 15 is 0 Å². The lowest BCUT2D eigenvalue weighted by molar-refractivity contribution is -0.139. The molecule has 2 heterocycles. The number of amides is 3. The zero-order valence-electron chi connectivity index (χ0n) is 19.8. The first-order chi connectivity index (χ1) is 14.3. The molecule has 0 spiro atoms. The lowest BCUT2D eigenvalue weighted by Crippen LogP contribution is -2.57. The molecule has 3 amide bonds. The second-order valence-electron chi connectivity index (χ2n) is 10.1. The monoisotopic (exact) mass is 435 g/mol. The number of hydrogen-bond donors (Lipinski definition) is 2. The Morgan fingerprint density at radius 2 is 1.77 bits per heavy atom. The Balaban J connectivity index is 1.94. The molecule has 2 N–H and O–H groups in total. The van der Waals surface area contributed by atoms with Gasteiger partial charge in [-0.25, -0.2) is 4.79 Å². The van der Waals surface area contributed by atoms with Gasteiger partial charge in [-0.15, -0.1) is 0 Å². The summed E-state index contributed by atoms with van der Waals surface area (Å²) in [7, 11) is 0. The summed E-state index contributed by atoms with van der Waals surface area (Å²) in [6.07, 6.45) is 3.97. The second kappa shape index (κ2) is 9.70. The summed E-state index contributed by atoms with van der Waals surface area (Å²) in [4.78, 5) is 39.8. The molecule has 1 aromatic heterocycles. The largest absolute Gasteiger partial charge is 0.444 e. The van der Waals surface area contributed by atoms with Crippen molar-refractivity contribution >= 4 is 23.6 Å². The number of nitrogens with one attached hydrogen (secondary N) is 2. The van der Waals surface area contributed by atoms with Crippen molar-refractivity contribution in [1.29, 1.82) is 0 Å². The van der Waals surface area contributed by atoms with Crippen LogP contribution in [-0.4, -0.2) is 57.3 Å². The Bertz CT molecular complexity index is 783. The van der Waals surface area contributed by atoms with Gasteiger partial charge in [-0.1, -0.05) is 20.8 Å². The third-order valence-corrected chi connectivity index (χ3v) is 5.18. The lowest BCUT2D eigenvalue weighted by Gasteiger charge is -2.38. The molecule has 1 atom stereocenters. The number of nitrogens with zero attached hydrogens (tertiary/aromatic N) is 3. The zero-order valence-corrected chi connectivity index (χ0v) is 19.8. The maximum Gasteiger partial charge on any atom is 0.408 e. The Hall–Kier alpha value is -2.58. The molecule has 0 aliphatic carbocycles. The van der Waals surface area contributed by atoms with Gasteiger partial charge in [0, 0.05) is 31.7 Å². The second-order valence-corrected chi connectivity index (χ2v) is 10.1. The molecule has 1 aliphatic heterocycles. The minimum Gasteiger partial charge on any atom is -0.444 e. The van der Waals surface area contributed by atoms with Crippen LogP contribution in [0.1, 0.15) is 61.3 Å². The van der Waals surface area contributed by atoms with Crippen molar-refractivity contribution in [1.82, 2.24) is 20.0 Å². The molecule has 9 nitrogen and oxygen atoms in total. The van der Waals surface area contributed by atoms with E-state index in [1.54, 1.807) is 42.7 Å². The zero-order chi connectivity index (χ0) is 23.4. The first-order valence-corrected chi connectivity index (χ1v) is 10.9. The molecular weight excluding hydrogens is 398 g/mol. The van der Waals surface area contributed by atoms with Crippen LogP contribution in [0, 0.1) is 11.3 Å². The van der Waals surface area contributed by atoms with E-state index in [1.807, 2.05) is 27.7 Å². The average molecular weight is 436 g/mol. The molecule has 2 rings (SSSR count). The quantitative estimate of drug-likeness (QED) is 0.740. The molecule has 0 saturated carbocycles. The van der Waals surface area contributed by atoms with E-state index in [4.69, 9.17) is 4.74 Å². The summed E-state index contributed by atoms with van der Waals surface area (Å²) in [5.74, 6) is -0.371. The number of hydrogen-bond acceptors (Lipinski definition) is 5. The predicted octanol–water partition coefficient (Wildman–Crippen LogP) is 3.02. The SMILES string of the molecule is CCn1cc(NC(=O)C2CCN(C(=O)C(NC(=O)OC(C)(C)C)C(C)(C)C)CC2)cn1. The number of carbonyl (C=O) groups excluding carboxylic acids is 3. The first kappa shape index (κ1) is 24.7. The number of carbonyl (C=O) groups is 3. The summed E-state index contributed by atoms with van der Waals surface area (Å²) in [5.41, 5.74) is -0.448. The van der Waals surface area contributed by atoms with Gasteiger partial charge in [0.2, 0.25) is 11.8 Å². The van der Waals surface area contributed by atoms with Crippen molar-refractivity contribution in [2.45, 2.75) is 79.5 Å². The van der Waals surface area contributed by atoms with Crippen LogP contribution < -0.4 is 10.6 Å². The van der Waals surface area contributed by atoms with E-state index in [9.17, 15) is 14.4 Å². The van der Waals surface area contributed by atoms with Crippen LogP contribution in [-0.2, 0) is 20.9 Å². The van der Waals surface area contributed by atoms with Crippen molar-refractivity contribution in [3.05, 3.63) is 12.4 Å². The van der Waals surface area contributed by atoms with Gasteiger partial charge in [-0.2, -0.15) is 5.10 Å². The molecule has 9 heteroatoms. The topological polar surface area (TPSA) is 106 Å². The van der Waals surface area contributed by atoms with Crippen LogP contribution >= 0.6 is 0 Å². The van der Waals surface area contributed by atoms with Crippen LogP contribution in [0.4, 0.5) is 10.5 Å². The highest BCUT2D eigenvalue weighted by Gasteiger charge is 2.38. The van der Waals surface area contributed by atoms with E-state index < -0.39 is 23.2 Å². The normalized spacial score (nSPS) is 16.5. The van der Waals surface area contributed by atoms with Gasteiger partial charge < -0.3 is 20.3 Å². The Morgan fingerprint density at radius 1 is 1.16 bits per heavy atom. The fourth-order valence-corrected chi connectivity index (χ4v) is 3.46. The fraction of sp³-hybridized carbons (Fsp3) is 0.727. The number of anilines is 1. The third kappa shape index (κ3) is 7.25. The van der Waals surface area contributed by atoms with Crippen LogP contribution in [0.25, 0.3) is 0 Å². The number of likely N-dealkylation sites (tertiary alicyclic amines) is 1. The summed E-state index contributed by atoms with van der Waals surface area (Å²) >= 11 is 0. The highest BCUT2D eigenvalue weighted by Crippen LogP contribution is 2.25. The Labute approximate surface area is 184 Å². The average Bonchev–Trinajstić information content (AvgIpc) is 3.11. The molecule has 1 aromatic rings. The van der Waals surface area contributed by atoms with Gasteiger partial charge in [0.15, 0.2) is 0 Å². The van der Waals surface area contributed by atoms with Crippen molar-refractivity contribution in [3.63, 3.8) is 0 Å². The maximum absolute atomic E-state index is 13.2. The first-order valence-electron chi connectivity index (χ1n) is 10.9. The van der Waals surface area contributed by atoms with Crippen LogP contribution in [0.15, 0.2) is 12.4 Å². The van der Waals surface area contributed by atoms with Gasteiger partial charge in [0.1, 0.15) is 11.6 Å². The summed E-state index contributed by atoms with van der Waals surface area (Å²) < 4.78 is 7.09. The minimum atomic E-state index is -0.715. The Kier molecular flexibility index (Phi) is 7.72. The van der Waals surface area contributed by atoms with Gasteiger partial charge in [-0.3, -0.25) is 14.3 Å². The van der Waals surface area contributed by atoms with Gasteiger partial charge >= 0.3 is 6.09 Å². The van der Waals surface area contributed by atoms with E-state index in [2.05, 4.69) is 15.7 Å². The maximum atomic E-state index is 13.2. The molecule has 0 bridgehead atoms. The van der Waals surface area contributed by atoms with E-state index in [0.29, 0.717) is 31.6 Å². The van der Waals surface area contributed by atoms with Gasteiger partial charge in [0.25, 0.3) is 0 Å². The summed E-state index contributed by atoms with van der Waals surface area (Å²) in [5, 5.41) is 9.81. The van der Waals surface area contributed by atoms with Gasteiger partial charge in [0.05, 0.1) is 11.9 Å². The number of rotatable bonds is 5. The predicted molar refractivity (Wildman–Crippen MR) is 118 cm³/mol. The standard InChI is InChI=1S/C22H37N5O4/c1-8-27-14-16(13-23-27)24-18(28)15-9-11-26(12-10-15)19(29)17(21(2,3)4)25-20(30)31-22(5,6)7/h13-15,17H,8-12H2,1-7H3,(H,24,28)(H,25,30). The summed E-state index contributed by atoms with van der Waals surface area (Å²) in [6.45, 7) is 14.7.